The van der Waals surface area contributed by atoms with E-state index in [-0.39, 0.29) is 5.54 Å². The van der Waals surface area contributed by atoms with Crippen molar-refractivity contribution in [3.63, 3.8) is 0 Å². The minimum Gasteiger partial charge on any atom is -0.308 e. The Kier molecular flexibility index (Phi) is 5.25. The van der Waals surface area contributed by atoms with Crippen molar-refractivity contribution in [2.24, 2.45) is 0 Å². The minimum absolute atomic E-state index is 0.0426. The Bertz CT molecular complexity index is 623. The van der Waals surface area contributed by atoms with E-state index in [9.17, 15) is 0 Å². The molecule has 0 amide bonds. The van der Waals surface area contributed by atoms with E-state index in [1.807, 2.05) is 25.1 Å². The third-order valence-corrected chi connectivity index (χ3v) is 4.18. The van der Waals surface area contributed by atoms with Gasteiger partial charge in [0.25, 0.3) is 0 Å². The number of hydrogen-bond acceptors (Lipinski definition) is 4. The number of benzene rings is 1. The molecule has 1 heterocycles. The Balaban J connectivity index is 2.25. The summed E-state index contributed by atoms with van der Waals surface area (Å²) in [5.41, 5.74) is 2.09. The van der Waals surface area contributed by atoms with Crippen molar-refractivity contribution in [1.29, 1.82) is 0 Å². The van der Waals surface area contributed by atoms with Crippen LogP contribution in [0.5, 0.6) is 0 Å². The highest BCUT2D eigenvalue weighted by Gasteiger charge is 2.14. The van der Waals surface area contributed by atoms with Crippen LogP contribution in [0.2, 0.25) is 5.02 Å². The Labute approximate surface area is 135 Å². The van der Waals surface area contributed by atoms with Gasteiger partial charge in [0, 0.05) is 33.9 Å². The van der Waals surface area contributed by atoms with E-state index in [0.717, 1.165) is 32.9 Å². The van der Waals surface area contributed by atoms with Crippen LogP contribution in [0.1, 0.15) is 32.0 Å². The summed E-state index contributed by atoms with van der Waals surface area (Å²) in [5.74, 6) is 0. The quantitative estimate of drug-likeness (QED) is 0.843. The van der Waals surface area contributed by atoms with Crippen LogP contribution in [0.25, 0.3) is 0 Å². The Hall–Kier alpha value is -1.10. The van der Waals surface area contributed by atoms with Crippen molar-refractivity contribution < 1.29 is 0 Å². The lowest BCUT2D eigenvalue weighted by atomic mass is 10.1. The largest absolute Gasteiger partial charge is 0.308 e. The van der Waals surface area contributed by atoms with Crippen molar-refractivity contribution in [1.82, 2.24) is 15.3 Å². The molecule has 3 nitrogen and oxygen atoms in total. The lowest BCUT2D eigenvalue weighted by molar-refractivity contribution is 0.422. The molecule has 0 unspecified atom stereocenters. The zero-order chi connectivity index (χ0) is 15.5. The molecule has 0 aliphatic carbocycles. The highest BCUT2D eigenvalue weighted by Crippen LogP contribution is 2.32. The van der Waals surface area contributed by atoms with Crippen molar-refractivity contribution in [3.8, 4) is 0 Å². The fourth-order valence-corrected chi connectivity index (χ4v) is 2.98. The van der Waals surface area contributed by atoms with Crippen LogP contribution in [-0.2, 0) is 6.54 Å². The number of nitrogens with zero attached hydrogens (tertiary/aromatic N) is 2. The smallest absolute Gasteiger partial charge is 0.192 e. The van der Waals surface area contributed by atoms with Gasteiger partial charge in [-0.25, -0.2) is 9.97 Å². The van der Waals surface area contributed by atoms with Gasteiger partial charge in [0.1, 0.15) is 0 Å². The number of aromatic nitrogens is 2. The summed E-state index contributed by atoms with van der Waals surface area (Å²) in [4.78, 5) is 9.83. The average Bonchev–Trinajstić information content (AvgIpc) is 2.37. The van der Waals surface area contributed by atoms with Crippen LogP contribution in [-0.4, -0.2) is 15.5 Å². The van der Waals surface area contributed by atoms with Gasteiger partial charge in [0.05, 0.1) is 0 Å². The number of aryl methyl sites for hydroxylation is 1. The minimum atomic E-state index is 0.0426. The zero-order valence-electron chi connectivity index (χ0n) is 12.8. The molecule has 2 rings (SSSR count). The lowest BCUT2D eigenvalue weighted by Gasteiger charge is -2.22. The van der Waals surface area contributed by atoms with E-state index < -0.39 is 0 Å². The second kappa shape index (κ2) is 6.77. The van der Waals surface area contributed by atoms with Crippen molar-refractivity contribution in [2.45, 2.75) is 49.8 Å². The van der Waals surface area contributed by atoms with Crippen LogP contribution >= 0.6 is 23.4 Å². The number of nitrogens with one attached hydrogen (secondary N) is 1. The van der Waals surface area contributed by atoms with Crippen molar-refractivity contribution >= 4 is 23.4 Å². The summed E-state index contributed by atoms with van der Waals surface area (Å²) in [6.45, 7) is 9.10. The maximum absolute atomic E-state index is 6.36. The molecule has 1 N–H and O–H groups in total. The van der Waals surface area contributed by atoms with E-state index in [0.29, 0.717) is 0 Å². The molecule has 0 spiro atoms. The van der Waals surface area contributed by atoms with E-state index in [2.05, 4.69) is 42.1 Å². The van der Waals surface area contributed by atoms with Gasteiger partial charge >= 0.3 is 0 Å². The molecule has 5 heteroatoms. The van der Waals surface area contributed by atoms with Gasteiger partial charge in [-0.3, -0.25) is 0 Å². The molecular formula is C16H20ClN3S. The maximum Gasteiger partial charge on any atom is 0.192 e. The molecule has 1 aromatic carbocycles. The van der Waals surface area contributed by atoms with Crippen LogP contribution in [0, 0.1) is 6.92 Å². The Morgan fingerprint density at radius 3 is 2.67 bits per heavy atom. The highest BCUT2D eigenvalue weighted by atomic mass is 35.5. The first-order chi connectivity index (χ1) is 9.85. The summed E-state index contributed by atoms with van der Waals surface area (Å²) in [7, 11) is 0. The third kappa shape index (κ3) is 4.99. The van der Waals surface area contributed by atoms with E-state index in [1.165, 1.54) is 0 Å². The number of hydrogen-bond donors (Lipinski definition) is 1. The molecule has 2 aromatic rings. The molecular weight excluding hydrogens is 302 g/mol. The van der Waals surface area contributed by atoms with Gasteiger partial charge < -0.3 is 5.32 Å². The van der Waals surface area contributed by atoms with Crippen LogP contribution in [0.3, 0.4) is 0 Å². The van der Waals surface area contributed by atoms with Crippen LogP contribution in [0.4, 0.5) is 0 Å². The highest BCUT2D eigenvalue weighted by molar-refractivity contribution is 7.99. The van der Waals surface area contributed by atoms with Crippen molar-refractivity contribution in [2.75, 3.05) is 0 Å². The van der Waals surface area contributed by atoms with E-state index in [4.69, 9.17) is 11.6 Å². The molecule has 21 heavy (non-hydrogen) atoms. The lowest BCUT2D eigenvalue weighted by Crippen LogP contribution is -2.35. The first kappa shape index (κ1) is 16.3. The van der Waals surface area contributed by atoms with E-state index >= 15 is 0 Å². The molecule has 0 aliphatic rings. The standard InChI is InChI=1S/C16H20ClN3S/c1-11-8-9-18-15(20-11)21-14-7-5-6-13(17)12(14)10-19-16(2,3)4/h5-9,19H,10H2,1-4H3. The van der Waals surface area contributed by atoms with Crippen LogP contribution < -0.4 is 5.32 Å². The topological polar surface area (TPSA) is 37.8 Å². The van der Waals surface area contributed by atoms with Gasteiger partial charge in [0.2, 0.25) is 0 Å². The predicted octanol–water partition coefficient (Wildman–Crippen LogP) is 4.48. The second-order valence-electron chi connectivity index (χ2n) is 5.90. The predicted molar refractivity (Wildman–Crippen MR) is 88.9 cm³/mol. The van der Waals surface area contributed by atoms with Gasteiger partial charge in [-0.15, -0.1) is 0 Å². The molecule has 0 bridgehead atoms. The number of rotatable bonds is 4. The maximum atomic E-state index is 6.36. The monoisotopic (exact) mass is 321 g/mol. The molecule has 0 saturated carbocycles. The third-order valence-electron chi connectivity index (χ3n) is 2.85. The summed E-state index contributed by atoms with van der Waals surface area (Å²) < 4.78 is 0. The molecule has 0 saturated heterocycles. The normalized spacial score (nSPS) is 11.7. The summed E-state index contributed by atoms with van der Waals surface area (Å²) >= 11 is 7.91. The van der Waals surface area contributed by atoms with Crippen LogP contribution in [0.15, 0.2) is 40.5 Å². The Morgan fingerprint density at radius 2 is 2.00 bits per heavy atom. The first-order valence-corrected chi connectivity index (χ1v) is 8.04. The SMILES string of the molecule is Cc1ccnc(Sc2cccc(Cl)c2CNC(C)(C)C)n1. The average molecular weight is 322 g/mol. The zero-order valence-corrected chi connectivity index (χ0v) is 14.3. The van der Waals surface area contributed by atoms with Gasteiger partial charge in [-0.1, -0.05) is 17.7 Å². The second-order valence-corrected chi connectivity index (χ2v) is 7.32. The van der Waals surface area contributed by atoms with Crippen molar-refractivity contribution in [3.05, 3.63) is 46.7 Å². The molecule has 0 fully saturated rings. The van der Waals surface area contributed by atoms with Gasteiger partial charge in [-0.05, 0) is 63.2 Å². The molecule has 0 aliphatic heterocycles. The fraction of sp³-hybridized carbons (Fsp3) is 0.375. The molecule has 0 atom stereocenters. The number of halogens is 1. The molecule has 0 radical (unpaired) electrons. The molecule has 112 valence electrons. The summed E-state index contributed by atoms with van der Waals surface area (Å²) in [5, 5.41) is 4.99. The first-order valence-electron chi connectivity index (χ1n) is 6.85. The summed E-state index contributed by atoms with van der Waals surface area (Å²) in [6, 6.07) is 7.83. The fourth-order valence-electron chi connectivity index (χ4n) is 1.73. The summed E-state index contributed by atoms with van der Waals surface area (Å²) in [6.07, 6.45) is 1.78. The van der Waals surface area contributed by atoms with Gasteiger partial charge in [-0.2, -0.15) is 0 Å². The van der Waals surface area contributed by atoms with Gasteiger partial charge in [0.15, 0.2) is 5.16 Å². The Morgan fingerprint density at radius 1 is 1.24 bits per heavy atom. The van der Waals surface area contributed by atoms with E-state index in [1.54, 1.807) is 18.0 Å². The molecule has 1 aromatic heterocycles.